The number of hydrogen-bond acceptors (Lipinski definition) is 3. The number of anilines is 1. The lowest BCUT2D eigenvalue weighted by Crippen LogP contribution is -2.13. The number of carbonyl (C=O) groups is 1. The van der Waals surface area contributed by atoms with Crippen molar-refractivity contribution in [3.05, 3.63) is 39.3 Å². The summed E-state index contributed by atoms with van der Waals surface area (Å²) >= 11 is 9.34. The molecule has 1 N–H and O–H groups in total. The third kappa shape index (κ3) is 2.90. The first-order valence-corrected chi connectivity index (χ1v) is 6.53. The summed E-state index contributed by atoms with van der Waals surface area (Å²) < 4.78 is 7.26. The van der Waals surface area contributed by atoms with E-state index >= 15 is 0 Å². The number of ether oxygens (including phenoxy) is 1. The van der Waals surface area contributed by atoms with Gasteiger partial charge in [-0.05, 0) is 28.1 Å². The Morgan fingerprint density at radius 3 is 2.89 bits per heavy atom. The van der Waals surface area contributed by atoms with E-state index in [1.165, 1.54) is 11.8 Å². The van der Waals surface area contributed by atoms with Crippen LogP contribution in [-0.4, -0.2) is 22.8 Å². The molecule has 1 aromatic carbocycles. The molecule has 2 rings (SSSR count). The number of methoxy groups -OCH3 is 1. The van der Waals surface area contributed by atoms with E-state index in [0.29, 0.717) is 26.8 Å². The van der Waals surface area contributed by atoms with E-state index in [2.05, 4.69) is 26.3 Å². The average molecular weight is 345 g/mol. The number of aryl methyl sites for hydroxylation is 1. The van der Waals surface area contributed by atoms with Crippen molar-refractivity contribution in [1.29, 1.82) is 0 Å². The molecule has 1 aromatic heterocycles. The van der Waals surface area contributed by atoms with Crippen molar-refractivity contribution in [3.63, 3.8) is 0 Å². The topological polar surface area (TPSA) is 56.1 Å². The maximum absolute atomic E-state index is 12.1. The Hall–Kier alpha value is -1.53. The van der Waals surface area contributed by atoms with Crippen molar-refractivity contribution in [1.82, 2.24) is 9.78 Å². The summed E-state index contributed by atoms with van der Waals surface area (Å²) in [5, 5.41) is 7.13. The van der Waals surface area contributed by atoms with Crippen LogP contribution in [-0.2, 0) is 7.05 Å². The van der Waals surface area contributed by atoms with E-state index in [1.807, 2.05) is 0 Å². The molecule has 7 heteroatoms. The number of nitrogens with zero attached hydrogens (tertiary/aromatic N) is 2. The van der Waals surface area contributed by atoms with Crippen LogP contribution in [0.25, 0.3) is 0 Å². The lowest BCUT2D eigenvalue weighted by atomic mass is 10.2. The maximum Gasteiger partial charge on any atom is 0.258 e. The minimum absolute atomic E-state index is 0.327. The fourth-order valence-electron chi connectivity index (χ4n) is 1.57. The predicted molar refractivity (Wildman–Crippen MR) is 76.9 cm³/mol. The highest BCUT2D eigenvalue weighted by Crippen LogP contribution is 2.26. The predicted octanol–water partition coefficient (Wildman–Crippen LogP) is 3.10. The molecule has 0 bridgehead atoms. The van der Waals surface area contributed by atoms with Crippen molar-refractivity contribution in [2.75, 3.05) is 12.4 Å². The number of halogens is 2. The molecule has 100 valence electrons. The number of aromatic nitrogens is 2. The van der Waals surface area contributed by atoms with E-state index in [-0.39, 0.29) is 5.91 Å². The van der Waals surface area contributed by atoms with Crippen LogP contribution >= 0.6 is 27.5 Å². The molecule has 0 radical (unpaired) electrons. The van der Waals surface area contributed by atoms with E-state index < -0.39 is 0 Å². The molecule has 1 heterocycles. The largest absolute Gasteiger partial charge is 0.481 e. The van der Waals surface area contributed by atoms with Gasteiger partial charge in [-0.2, -0.15) is 5.10 Å². The zero-order chi connectivity index (χ0) is 14.0. The number of benzene rings is 1. The Morgan fingerprint density at radius 1 is 1.53 bits per heavy atom. The fraction of sp³-hybridized carbons (Fsp3) is 0.167. The van der Waals surface area contributed by atoms with Crippen molar-refractivity contribution in [2.24, 2.45) is 7.05 Å². The third-order valence-electron chi connectivity index (χ3n) is 2.48. The second-order valence-electron chi connectivity index (χ2n) is 3.75. The molecule has 0 fully saturated rings. The quantitative estimate of drug-likeness (QED) is 0.931. The number of amides is 1. The van der Waals surface area contributed by atoms with Crippen LogP contribution in [0.3, 0.4) is 0 Å². The van der Waals surface area contributed by atoms with Gasteiger partial charge in [0.2, 0.25) is 5.88 Å². The highest BCUT2D eigenvalue weighted by atomic mass is 79.9. The van der Waals surface area contributed by atoms with Gasteiger partial charge >= 0.3 is 0 Å². The second kappa shape index (κ2) is 5.63. The molecule has 0 aliphatic rings. The number of carbonyl (C=O) groups excluding carboxylic acids is 1. The molecule has 1 amide bonds. The van der Waals surface area contributed by atoms with Crippen molar-refractivity contribution in [2.45, 2.75) is 0 Å². The van der Waals surface area contributed by atoms with Gasteiger partial charge in [0.05, 0.1) is 17.7 Å². The summed E-state index contributed by atoms with van der Waals surface area (Å²) in [7, 11) is 3.26. The van der Waals surface area contributed by atoms with Crippen LogP contribution in [0.15, 0.2) is 28.7 Å². The molecular formula is C12H11BrClN3O2. The normalized spacial score (nSPS) is 10.3. The van der Waals surface area contributed by atoms with Crippen LogP contribution in [0.1, 0.15) is 10.4 Å². The van der Waals surface area contributed by atoms with Gasteiger partial charge in [0.15, 0.2) is 5.82 Å². The Balaban J connectivity index is 2.23. The van der Waals surface area contributed by atoms with Crippen molar-refractivity contribution in [3.8, 4) is 5.88 Å². The van der Waals surface area contributed by atoms with Crippen LogP contribution in [0.2, 0.25) is 5.02 Å². The van der Waals surface area contributed by atoms with Crippen molar-refractivity contribution < 1.29 is 9.53 Å². The summed E-state index contributed by atoms with van der Waals surface area (Å²) in [5.41, 5.74) is 0.376. The smallest absolute Gasteiger partial charge is 0.258 e. The van der Waals surface area contributed by atoms with Gasteiger partial charge in [-0.3, -0.25) is 4.79 Å². The maximum atomic E-state index is 12.1. The molecule has 0 unspecified atom stereocenters. The summed E-state index contributed by atoms with van der Waals surface area (Å²) in [6, 6.07) is 6.78. The molecular weight excluding hydrogens is 334 g/mol. The summed E-state index contributed by atoms with van der Waals surface area (Å²) in [5.74, 6) is 0.628. The minimum Gasteiger partial charge on any atom is -0.481 e. The van der Waals surface area contributed by atoms with Gasteiger partial charge in [-0.25, -0.2) is 4.68 Å². The minimum atomic E-state index is -0.327. The monoisotopic (exact) mass is 343 g/mol. The Morgan fingerprint density at radius 2 is 2.26 bits per heavy atom. The SMILES string of the molecule is COc1cc(NC(=O)c2cccc(Br)c2Cl)nn1C. The fourth-order valence-corrected chi connectivity index (χ4v) is 2.14. The van der Waals surface area contributed by atoms with Gasteiger partial charge in [0.25, 0.3) is 5.91 Å². The molecule has 5 nitrogen and oxygen atoms in total. The lowest BCUT2D eigenvalue weighted by Gasteiger charge is -2.05. The molecule has 0 aliphatic carbocycles. The van der Waals surface area contributed by atoms with Gasteiger partial charge < -0.3 is 10.1 Å². The van der Waals surface area contributed by atoms with Crippen LogP contribution in [0.4, 0.5) is 5.82 Å². The summed E-state index contributed by atoms with van der Waals surface area (Å²) in [6.07, 6.45) is 0. The van der Waals surface area contributed by atoms with Crippen molar-refractivity contribution >= 4 is 39.3 Å². The van der Waals surface area contributed by atoms with Crippen LogP contribution < -0.4 is 10.1 Å². The first-order valence-electron chi connectivity index (χ1n) is 5.36. The van der Waals surface area contributed by atoms with E-state index in [4.69, 9.17) is 16.3 Å². The first-order chi connectivity index (χ1) is 9.02. The number of hydrogen-bond donors (Lipinski definition) is 1. The number of rotatable bonds is 3. The zero-order valence-corrected chi connectivity index (χ0v) is 12.6. The van der Waals surface area contributed by atoms with Gasteiger partial charge in [-0.15, -0.1) is 0 Å². The lowest BCUT2D eigenvalue weighted by molar-refractivity contribution is 0.102. The third-order valence-corrected chi connectivity index (χ3v) is 3.78. The Kier molecular flexibility index (Phi) is 4.11. The molecule has 0 saturated carbocycles. The second-order valence-corrected chi connectivity index (χ2v) is 4.98. The molecule has 0 saturated heterocycles. The summed E-state index contributed by atoms with van der Waals surface area (Å²) in [6.45, 7) is 0. The first kappa shape index (κ1) is 13.9. The highest BCUT2D eigenvalue weighted by Gasteiger charge is 2.14. The van der Waals surface area contributed by atoms with Gasteiger partial charge in [0.1, 0.15) is 0 Å². The standard InChI is InChI=1S/C12H11BrClN3O2/c1-17-10(19-2)6-9(16-17)15-12(18)7-4-3-5-8(13)11(7)14/h3-6H,1-2H3,(H,15,16,18). The van der Waals surface area contributed by atoms with Crippen LogP contribution in [0, 0.1) is 0 Å². The van der Waals surface area contributed by atoms with Gasteiger partial charge in [-0.1, -0.05) is 17.7 Å². The Bertz CT molecular complexity index is 627. The molecule has 0 spiro atoms. The highest BCUT2D eigenvalue weighted by molar-refractivity contribution is 9.10. The van der Waals surface area contributed by atoms with Gasteiger partial charge in [0, 0.05) is 17.6 Å². The van der Waals surface area contributed by atoms with E-state index in [1.54, 1.807) is 31.3 Å². The molecule has 0 aliphatic heterocycles. The molecule has 19 heavy (non-hydrogen) atoms. The zero-order valence-electron chi connectivity index (χ0n) is 10.3. The molecule has 2 aromatic rings. The number of nitrogens with one attached hydrogen (secondary N) is 1. The van der Waals surface area contributed by atoms with E-state index in [9.17, 15) is 4.79 Å². The molecule has 0 atom stereocenters. The Labute approximate surface area is 123 Å². The summed E-state index contributed by atoms with van der Waals surface area (Å²) in [4.78, 5) is 12.1. The average Bonchev–Trinajstić information content (AvgIpc) is 2.72. The van der Waals surface area contributed by atoms with Crippen LogP contribution in [0.5, 0.6) is 5.88 Å². The van der Waals surface area contributed by atoms with E-state index in [0.717, 1.165) is 0 Å².